The molecule has 0 amide bonds. The lowest BCUT2D eigenvalue weighted by atomic mass is 10.2. The first kappa shape index (κ1) is 18.7. The number of ether oxygens (including phenoxy) is 1. The summed E-state index contributed by atoms with van der Waals surface area (Å²) in [6.45, 7) is -4.98. The minimum absolute atomic E-state index is 0.139. The maximum absolute atomic E-state index is 13.5. The molecule has 182 valence electrons. The van der Waals surface area contributed by atoms with E-state index in [2.05, 4.69) is 4.18 Å². The maximum Gasteiger partial charge on any atom is 0.296 e. The van der Waals surface area contributed by atoms with Crippen molar-refractivity contribution in [3.63, 3.8) is 0 Å². The summed E-state index contributed by atoms with van der Waals surface area (Å²) in [6.07, 6.45) is -3.60. The van der Waals surface area contributed by atoms with Crippen molar-refractivity contribution in [2.24, 2.45) is 0 Å². The van der Waals surface area contributed by atoms with Crippen LogP contribution in [0.25, 0.3) is 0 Å². The Morgan fingerprint density at radius 3 is 2.41 bits per heavy atom. The van der Waals surface area contributed by atoms with Crippen molar-refractivity contribution < 1.29 is 30.0 Å². The van der Waals surface area contributed by atoms with Crippen molar-refractivity contribution in [3.05, 3.63) is 77.6 Å². The lowest BCUT2D eigenvalue weighted by Gasteiger charge is -2.16. The number of nitrogens with two attached hydrogens (primary N) is 1. The van der Waals surface area contributed by atoms with Crippen LogP contribution in [0.4, 0.5) is 10.1 Å². The van der Waals surface area contributed by atoms with E-state index in [1.165, 1.54) is 66.4 Å². The van der Waals surface area contributed by atoms with Gasteiger partial charge >= 0.3 is 0 Å². The molecule has 9 heteroatoms. The molecule has 3 aromatic rings. The van der Waals surface area contributed by atoms with Crippen LogP contribution in [0.3, 0.4) is 0 Å². The number of anilines is 1. The number of nitrogen functional groups attached to an aromatic ring is 1. The Kier molecular flexibility index (Phi) is 6.44. The van der Waals surface area contributed by atoms with Crippen molar-refractivity contribution in [1.29, 1.82) is 0 Å². The minimum Gasteiger partial charge on any atom is -0.493 e. The van der Waals surface area contributed by atoms with Crippen LogP contribution in [0.15, 0.2) is 75.4 Å². The van der Waals surface area contributed by atoms with Gasteiger partial charge in [0.25, 0.3) is 10.1 Å². The molecule has 34 heavy (non-hydrogen) atoms. The summed E-state index contributed by atoms with van der Waals surface area (Å²) in [4.78, 5) is 2.68. The van der Waals surface area contributed by atoms with Crippen LogP contribution < -0.4 is 10.5 Å². The topological polar surface area (TPSA) is 81.9 Å². The highest BCUT2D eigenvalue weighted by Crippen LogP contribution is 2.36. The number of rotatable bonds is 11. The van der Waals surface area contributed by atoms with Crippen molar-refractivity contribution >= 4 is 27.6 Å². The van der Waals surface area contributed by atoms with Crippen LogP contribution in [-0.4, -0.2) is 40.5 Å². The number of benzene rings is 3. The van der Waals surface area contributed by atoms with Crippen LogP contribution in [0, 0.1) is 12.7 Å². The monoisotopic (exact) mass is 510 g/mol. The Bertz CT molecular complexity index is 1470. The van der Waals surface area contributed by atoms with Gasteiger partial charge in [0.05, 0.1) is 23.5 Å². The first-order valence-electron chi connectivity index (χ1n) is 13.1. The number of hydrogen-bond donors (Lipinski definition) is 1. The van der Waals surface area contributed by atoms with Crippen molar-refractivity contribution in [3.8, 4) is 5.75 Å². The molecular formula is C25H29FN2O4S2. The van der Waals surface area contributed by atoms with E-state index in [1.54, 1.807) is 27.1 Å². The summed E-state index contributed by atoms with van der Waals surface area (Å²) in [7, 11) is -1.20. The lowest BCUT2D eigenvalue weighted by Crippen LogP contribution is -2.12. The number of hydrogen-bond acceptors (Lipinski definition) is 7. The summed E-state index contributed by atoms with van der Waals surface area (Å²) in [5.41, 5.74) is 7.53. The molecule has 0 spiro atoms. The fourth-order valence-electron chi connectivity index (χ4n) is 2.85. The summed E-state index contributed by atoms with van der Waals surface area (Å²) in [5, 5.41) is 0. The van der Waals surface area contributed by atoms with E-state index in [0.29, 0.717) is 21.9 Å². The highest BCUT2D eigenvalue weighted by atomic mass is 32.2. The molecule has 0 aliphatic heterocycles. The number of aryl methyl sites for hydroxylation is 1. The molecule has 2 N–H and O–H groups in total. The van der Waals surface area contributed by atoms with Gasteiger partial charge in [0.1, 0.15) is 11.6 Å². The third-order valence-corrected chi connectivity index (χ3v) is 6.80. The largest absolute Gasteiger partial charge is 0.493 e. The van der Waals surface area contributed by atoms with Gasteiger partial charge in [0.15, 0.2) is 0 Å². The number of halogens is 1. The quantitative estimate of drug-likeness (QED) is 0.284. The van der Waals surface area contributed by atoms with Gasteiger partial charge in [0.2, 0.25) is 0 Å². The molecule has 3 rings (SSSR count). The van der Waals surface area contributed by atoms with E-state index < -0.39 is 40.3 Å². The molecule has 0 saturated heterocycles. The third-order valence-electron chi connectivity index (χ3n) is 4.44. The van der Waals surface area contributed by atoms with Gasteiger partial charge in [-0.2, -0.15) is 8.42 Å². The molecule has 3 aromatic carbocycles. The number of nitrogens with zero attached hydrogens (tertiary/aromatic N) is 1. The predicted octanol–water partition coefficient (Wildman–Crippen LogP) is 5.10. The molecule has 0 aliphatic carbocycles. The van der Waals surface area contributed by atoms with Crippen LogP contribution in [0.1, 0.15) is 25.7 Å². The molecule has 0 aliphatic rings. The second-order valence-corrected chi connectivity index (χ2v) is 10.2. The average Bonchev–Trinajstić information content (AvgIpc) is 2.81. The normalized spacial score (nSPS) is 15.6. The highest BCUT2D eigenvalue weighted by molar-refractivity contribution is 7.99. The molecule has 0 saturated carbocycles. The first-order chi connectivity index (χ1) is 18.3. The Morgan fingerprint density at radius 1 is 1.03 bits per heavy atom. The van der Waals surface area contributed by atoms with Crippen LogP contribution >= 0.6 is 11.8 Å². The molecule has 0 heterocycles. The fourth-order valence-corrected chi connectivity index (χ4v) is 4.51. The standard InChI is InChI=1S/C25H29FN2O4S2/c1-18-5-9-22(10-6-18)34(29,30)32-14-4-13-31-21-8-12-24(19(15-21)17-28(2)3)33-25-11-7-20(26)16-23(25)27/h5-12,15-16H,4,13-14,17,27H2,1-3H3/i4D2,13D2,14D2. The molecule has 0 unspecified atom stereocenters. The van der Waals surface area contributed by atoms with Crippen molar-refractivity contribution in [2.45, 2.75) is 34.5 Å². The van der Waals surface area contributed by atoms with Gasteiger partial charge in [0, 0.05) is 31.1 Å². The minimum atomic E-state index is -4.79. The zero-order valence-electron chi connectivity index (χ0n) is 24.8. The van der Waals surface area contributed by atoms with E-state index >= 15 is 0 Å². The summed E-state index contributed by atoms with van der Waals surface area (Å²) in [5.74, 6) is -0.620. The van der Waals surface area contributed by atoms with Crippen LogP contribution in [0.2, 0.25) is 0 Å². The van der Waals surface area contributed by atoms with Crippen LogP contribution in [0.5, 0.6) is 5.75 Å². The van der Waals surface area contributed by atoms with Gasteiger partial charge in [-0.15, -0.1) is 0 Å². The summed E-state index contributed by atoms with van der Waals surface area (Å²) in [6, 6.07) is 13.6. The van der Waals surface area contributed by atoms with Gasteiger partial charge in [-0.3, -0.25) is 4.18 Å². The van der Waals surface area contributed by atoms with Gasteiger partial charge in [-0.25, -0.2) is 4.39 Å². The molecular weight excluding hydrogens is 475 g/mol. The van der Waals surface area contributed by atoms with E-state index in [-0.39, 0.29) is 11.4 Å². The maximum atomic E-state index is 13.5. The predicted molar refractivity (Wildman–Crippen MR) is 133 cm³/mol. The zero-order valence-corrected chi connectivity index (χ0v) is 20.5. The summed E-state index contributed by atoms with van der Waals surface area (Å²) >= 11 is 1.24. The molecule has 0 bridgehead atoms. The average molecular weight is 511 g/mol. The molecule has 0 aromatic heterocycles. The molecule has 0 radical (unpaired) electrons. The van der Waals surface area contributed by atoms with Crippen molar-refractivity contribution in [1.82, 2.24) is 4.90 Å². The van der Waals surface area contributed by atoms with Crippen molar-refractivity contribution in [2.75, 3.05) is 32.9 Å². The van der Waals surface area contributed by atoms with Gasteiger partial charge in [-0.05, 0) is 75.1 Å². The lowest BCUT2D eigenvalue weighted by molar-refractivity contribution is 0.250. The Morgan fingerprint density at radius 2 is 1.74 bits per heavy atom. The molecule has 0 atom stereocenters. The Balaban J connectivity index is 1.89. The third kappa shape index (κ3) is 7.46. The van der Waals surface area contributed by atoms with E-state index in [4.69, 9.17) is 18.7 Å². The van der Waals surface area contributed by atoms with Gasteiger partial charge in [-0.1, -0.05) is 29.5 Å². The summed E-state index contributed by atoms with van der Waals surface area (Å²) < 4.78 is 97.6. The highest BCUT2D eigenvalue weighted by Gasteiger charge is 2.15. The first-order valence-corrected chi connectivity index (χ1v) is 12.3. The second-order valence-electron chi connectivity index (χ2n) is 7.57. The van der Waals surface area contributed by atoms with E-state index in [0.717, 1.165) is 5.56 Å². The molecule has 0 fully saturated rings. The van der Waals surface area contributed by atoms with Crippen LogP contribution in [-0.2, 0) is 20.8 Å². The molecule has 6 nitrogen and oxygen atoms in total. The van der Waals surface area contributed by atoms with E-state index in [1.807, 2.05) is 4.90 Å². The Labute approximate surface area is 213 Å². The Hall–Kier alpha value is -2.59. The zero-order chi connectivity index (χ0) is 30.1. The SMILES string of the molecule is [2H]C([2H])(Oc1ccc(Sc2ccc(F)cc2N)c(CN(C)C)c1)C([2H])([2H])C([2H])([2H])OS(=O)(=O)c1ccc(C)cc1. The van der Waals surface area contributed by atoms with Gasteiger partial charge < -0.3 is 15.4 Å². The smallest absolute Gasteiger partial charge is 0.296 e. The van der Waals surface area contributed by atoms with E-state index in [9.17, 15) is 12.8 Å². The fraction of sp³-hybridized carbons (Fsp3) is 0.280. The second kappa shape index (κ2) is 11.7.